The zero-order valence-electron chi connectivity index (χ0n) is 16.5. The number of rotatable bonds is 6. The van der Waals surface area contributed by atoms with Crippen molar-refractivity contribution >= 4 is 28.5 Å². The molecule has 0 saturated carbocycles. The number of carbonyl (C=O) groups is 1. The van der Waals surface area contributed by atoms with Crippen LogP contribution in [0.3, 0.4) is 0 Å². The Bertz CT molecular complexity index is 906. The van der Waals surface area contributed by atoms with Crippen LogP contribution in [0.15, 0.2) is 48.7 Å². The molecule has 0 spiro atoms. The Morgan fingerprint density at radius 2 is 1.90 bits per heavy atom. The molecule has 4 rings (SSSR count). The van der Waals surface area contributed by atoms with Gasteiger partial charge in [0.2, 0.25) is 0 Å². The predicted molar refractivity (Wildman–Crippen MR) is 114 cm³/mol. The van der Waals surface area contributed by atoms with E-state index in [-0.39, 0.29) is 5.91 Å². The number of hydrogen-bond acceptors (Lipinski definition) is 5. The highest BCUT2D eigenvalue weighted by Gasteiger charge is 2.27. The lowest BCUT2D eigenvalue weighted by molar-refractivity contribution is -0.110. The molecule has 2 aromatic carbocycles. The molecule has 1 amide bonds. The number of ether oxygens (including phenoxy) is 1. The second kappa shape index (κ2) is 8.63. The average molecular weight is 396 g/mol. The number of piperazine rings is 1. The normalized spacial score (nSPS) is 18.1. The first kappa shape index (κ1) is 19.4. The molecule has 0 unspecified atom stereocenters. The van der Waals surface area contributed by atoms with E-state index >= 15 is 0 Å². The minimum absolute atomic E-state index is 0.300. The third kappa shape index (κ3) is 4.26. The van der Waals surface area contributed by atoms with Gasteiger partial charge in [-0.2, -0.15) is 0 Å². The van der Waals surface area contributed by atoms with Crippen molar-refractivity contribution in [1.82, 2.24) is 4.90 Å². The third-order valence-electron chi connectivity index (χ3n) is 5.38. The summed E-state index contributed by atoms with van der Waals surface area (Å²) in [6, 6.07) is 12.7. The van der Waals surface area contributed by atoms with Crippen molar-refractivity contribution in [2.45, 2.75) is 0 Å². The number of hydrogen-bond donors (Lipinski definition) is 2. The first-order valence-electron chi connectivity index (χ1n) is 9.79. The lowest BCUT2D eigenvalue weighted by Gasteiger charge is -2.36. The van der Waals surface area contributed by atoms with Crippen LogP contribution in [-0.2, 0) is 9.53 Å². The van der Waals surface area contributed by atoms with Crippen molar-refractivity contribution in [1.29, 1.82) is 0 Å². The summed E-state index contributed by atoms with van der Waals surface area (Å²) < 4.78 is 19.3. The van der Waals surface area contributed by atoms with Gasteiger partial charge in [0.05, 0.1) is 17.9 Å². The molecule has 0 bridgehead atoms. The van der Waals surface area contributed by atoms with Crippen LogP contribution in [0, 0.1) is 5.82 Å². The summed E-state index contributed by atoms with van der Waals surface area (Å²) in [4.78, 5) is 16.9. The first-order chi connectivity index (χ1) is 14.2. The molecule has 0 aromatic heterocycles. The topological polar surface area (TPSA) is 56.8 Å². The van der Waals surface area contributed by atoms with Gasteiger partial charge in [0, 0.05) is 63.0 Å². The molecule has 2 aliphatic rings. The fourth-order valence-corrected chi connectivity index (χ4v) is 3.72. The number of nitrogens with zero attached hydrogens (tertiary/aromatic N) is 2. The quantitative estimate of drug-likeness (QED) is 0.736. The molecular weight excluding hydrogens is 371 g/mol. The van der Waals surface area contributed by atoms with Crippen LogP contribution >= 0.6 is 0 Å². The number of carbonyl (C=O) groups excluding carboxylic acids is 1. The van der Waals surface area contributed by atoms with Crippen LogP contribution in [0.1, 0.15) is 5.56 Å². The lowest BCUT2D eigenvalue weighted by Crippen LogP contribution is -2.47. The van der Waals surface area contributed by atoms with Crippen molar-refractivity contribution in [2.75, 3.05) is 62.0 Å². The van der Waals surface area contributed by atoms with Gasteiger partial charge in [0.15, 0.2) is 0 Å². The van der Waals surface area contributed by atoms with Crippen molar-refractivity contribution < 1.29 is 13.9 Å². The van der Waals surface area contributed by atoms with Crippen LogP contribution in [0.2, 0.25) is 0 Å². The Hall–Kier alpha value is -2.90. The van der Waals surface area contributed by atoms with E-state index in [1.54, 1.807) is 25.4 Å². The van der Waals surface area contributed by atoms with Crippen molar-refractivity contribution in [2.24, 2.45) is 0 Å². The number of methoxy groups -OCH3 is 1. The van der Waals surface area contributed by atoms with Gasteiger partial charge in [-0.25, -0.2) is 4.39 Å². The van der Waals surface area contributed by atoms with Crippen LogP contribution in [-0.4, -0.2) is 57.2 Å². The molecule has 0 aliphatic carbocycles. The molecule has 2 aliphatic heterocycles. The maximum atomic E-state index is 14.1. The summed E-state index contributed by atoms with van der Waals surface area (Å²) in [5.74, 6) is -0.713. The van der Waals surface area contributed by atoms with Gasteiger partial charge in [-0.1, -0.05) is 6.07 Å². The summed E-state index contributed by atoms with van der Waals surface area (Å²) in [5, 5.41) is 5.80. The van der Waals surface area contributed by atoms with Gasteiger partial charge in [-0.05, 0) is 36.4 Å². The van der Waals surface area contributed by atoms with E-state index in [1.165, 1.54) is 11.8 Å². The number of amides is 1. The number of halogens is 1. The zero-order chi connectivity index (χ0) is 20.2. The Labute approximate surface area is 169 Å². The molecule has 152 valence electrons. The van der Waals surface area contributed by atoms with Gasteiger partial charge in [0.25, 0.3) is 5.91 Å². The summed E-state index contributed by atoms with van der Waals surface area (Å²) in [7, 11) is 1.73. The van der Waals surface area contributed by atoms with E-state index in [1.807, 2.05) is 12.1 Å². The molecule has 2 heterocycles. The van der Waals surface area contributed by atoms with Crippen LogP contribution in [0.5, 0.6) is 0 Å². The van der Waals surface area contributed by atoms with Gasteiger partial charge in [0.1, 0.15) is 5.82 Å². The minimum Gasteiger partial charge on any atom is -0.383 e. The fraction of sp³-hybridized carbons (Fsp3) is 0.318. The van der Waals surface area contributed by atoms with Gasteiger partial charge >= 0.3 is 0 Å². The van der Waals surface area contributed by atoms with E-state index in [4.69, 9.17) is 4.74 Å². The van der Waals surface area contributed by atoms with E-state index in [2.05, 4.69) is 32.6 Å². The van der Waals surface area contributed by atoms with Gasteiger partial charge in [-0.3, -0.25) is 9.69 Å². The van der Waals surface area contributed by atoms with Crippen LogP contribution in [0.25, 0.3) is 5.57 Å². The monoisotopic (exact) mass is 396 g/mol. The summed E-state index contributed by atoms with van der Waals surface area (Å²) in [5.41, 5.74) is 3.13. The highest BCUT2D eigenvalue weighted by Crippen LogP contribution is 2.33. The Balaban J connectivity index is 1.39. The van der Waals surface area contributed by atoms with Crippen molar-refractivity contribution in [3.63, 3.8) is 0 Å². The summed E-state index contributed by atoms with van der Waals surface area (Å²) in [6.07, 6.45) is 1.56. The van der Waals surface area contributed by atoms with Crippen LogP contribution < -0.4 is 15.5 Å². The minimum atomic E-state index is -0.408. The Morgan fingerprint density at radius 3 is 2.62 bits per heavy atom. The average Bonchev–Trinajstić information content (AvgIpc) is 3.08. The predicted octanol–water partition coefficient (Wildman–Crippen LogP) is 3.00. The second-order valence-electron chi connectivity index (χ2n) is 7.19. The molecule has 0 radical (unpaired) electrons. The van der Waals surface area contributed by atoms with E-state index < -0.39 is 5.82 Å². The van der Waals surface area contributed by atoms with E-state index in [9.17, 15) is 9.18 Å². The highest BCUT2D eigenvalue weighted by molar-refractivity contribution is 6.31. The van der Waals surface area contributed by atoms with Gasteiger partial charge < -0.3 is 20.3 Å². The number of fused-ring (bicyclic) bond motifs is 1. The molecule has 2 N–H and O–H groups in total. The summed E-state index contributed by atoms with van der Waals surface area (Å²) >= 11 is 0. The standard InChI is InChI=1S/C22H25FN4O2/c1-29-14-13-26-9-11-27(12-10-26)17-7-5-16(6-8-17)24-15-18-21-19(23)3-2-4-20(21)25-22(18)28/h2-8,15,24H,9-14H2,1H3,(H,25,28)/b18-15+. The SMILES string of the molecule is COCCN1CCN(c2ccc(N/C=C3/C(=O)Nc4cccc(F)c43)cc2)CC1. The molecule has 1 saturated heterocycles. The Kier molecular flexibility index (Phi) is 5.78. The zero-order valence-corrected chi connectivity index (χ0v) is 16.5. The number of benzene rings is 2. The van der Waals surface area contributed by atoms with E-state index in [0.717, 1.165) is 45.0 Å². The molecule has 2 aromatic rings. The smallest absolute Gasteiger partial charge is 0.257 e. The maximum Gasteiger partial charge on any atom is 0.257 e. The second-order valence-corrected chi connectivity index (χ2v) is 7.19. The highest BCUT2D eigenvalue weighted by atomic mass is 19.1. The number of anilines is 3. The number of nitrogens with one attached hydrogen (secondary N) is 2. The molecule has 1 fully saturated rings. The first-order valence-corrected chi connectivity index (χ1v) is 9.79. The largest absolute Gasteiger partial charge is 0.383 e. The Morgan fingerprint density at radius 1 is 1.14 bits per heavy atom. The summed E-state index contributed by atoms with van der Waals surface area (Å²) in [6.45, 7) is 5.75. The molecule has 7 heteroatoms. The maximum absolute atomic E-state index is 14.1. The molecular formula is C22H25FN4O2. The van der Waals surface area contributed by atoms with Crippen molar-refractivity contribution in [3.05, 3.63) is 60.0 Å². The van der Waals surface area contributed by atoms with E-state index in [0.29, 0.717) is 16.8 Å². The van der Waals surface area contributed by atoms with Crippen LogP contribution in [0.4, 0.5) is 21.5 Å². The molecule has 29 heavy (non-hydrogen) atoms. The molecule has 6 nitrogen and oxygen atoms in total. The van der Waals surface area contributed by atoms with Crippen molar-refractivity contribution in [3.8, 4) is 0 Å². The fourth-order valence-electron chi connectivity index (χ4n) is 3.72. The molecule has 0 atom stereocenters. The lowest BCUT2D eigenvalue weighted by atomic mass is 10.1. The van der Waals surface area contributed by atoms with Gasteiger partial charge in [-0.15, -0.1) is 0 Å². The third-order valence-corrected chi connectivity index (χ3v) is 5.38.